The molecule has 4 aromatic carbocycles. The first-order chi connectivity index (χ1) is 16.9. The third-order valence-electron chi connectivity index (χ3n) is 4.66. The largest absolute Gasteiger partial charge is 0.332 e. The molecule has 176 valence electrons. The highest BCUT2D eigenvalue weighted by atomic mass is 35.5. The van der Waals surface area contributed by atoms with Crippen molar-refractivity contribution in [1.82, 2.24) is 0 Å². The molecule has 0 aliphatic carbocycles. The summed E-state index contributed by atoms with van der Waals surface area (Å²) < 4.78 is 0. The molecule has 4 nitrogen and oxygen atoms in total. The van der Waals surface area contributed by atoms with E-state index in [9.17, 15) is 0 Å². The first kappa shape index (κ1) is 25.3. The van der Waals surface area contributed by atoms with Crippen LogP contribution in [-0.2, 0) is 0 Å². The molecule has 0 atom stereocenters. The number of hydrogen-bond donors (Lipinski definition) is 4. The van der Waals surface area contributed by atoms with Crippen LogP contribution in [-0.4, -0.2) is 10.2 Å². The van der Waals surface area contributed by atoms with Crippen LogP contribution in [0.5, 0.6) is 0 Å². The summed E-state index contributed by atoms with van der Waals surface area (Å²) in [4.78, 5) is 2.24. The zero-order valence-electron chi connectivity index (χ0n) is 18.2. The van der Waals surface area contributed by atoms with Gasteiger partial charge in [0.25, 0.3) is 0 Å². The first-order valence-corrected chi connectivity index (χ1v) is 12.9. The molecule has 4 N–H and O–H groups in total. The Hall–Kier alpha value is -2.81. The van der Waals surface area contributed by atoms with E-state index in [1.54, 1.807) is 11.8 Å². The van der Waals surface area contributed by atoms with Crippen molar-refractivity contribution < 1.29 is 0 Å². The van der Waals surface area contributed by atoms with Gasteiger partial charge in [-0.1, -0.05) is 35.0 Å². The number of benzene rings is 4. The number of thiocarbonyl (C=S) groups is 2. The number of rotatable bonds is 6. The minimum absolute atomic E-state index is 0.513. The van der Waals surface area contributed by atoms with Crippen LogP contribution < -0.4 is 21.3 Å². The molecule has 0 fully saturated rings. The van der Waals surface area contributed by atoms with Crippen LogP contribution in [0.4, 0.5) is 22.7 Å². The lowest BCUT2D eigenvalue weighted by atomic mass is 10.3. The Morgan fingerprint density at radius 1 is 0.457 bits per heavy atom. The van der Waals surface area contributed by atoms with Gasteiger partial charge in [-0.05, 0) is 121 Å². The van der Waals surface area contributed by atoms with Gasteiger partial charge in [0.2, 0.25) is 0 Å². The summed E-state index contributed by atoms with van der Waals surface area (Å²) in [6.07, 6.45) is 0. The standard InChI is InChI=1S/C26H20Cl2N4S3/c27-17-1-5-19(6-2-17)29-25(33)31-21-9-13-23(14-10-21)35-24-15-11-22(12-16-24)32-26(34)30-20-7-3-18(28)4-8-20/h1-16H,(H2,29,31,33)(H2,30,32,34). The van der Waals surface area contributed by atoms with Gasteiger partial charge in [-0.25, -0.2) is 0 Å². The molecule has 0 spiro atoms. The molecule has 9 heteroatoms. The van der Waals surface area contributed by atoms with E-state index in [-0.39, 0.29) is 0 Å². The summed E-state index contributed by atoms with van der Waals surface area (Å²) in [7, 11) is 0. The number of nitrogens with one attached hydrogen (secondary N) is 4. The first-order valence-electron chi connectivity index (χ1n) is 10.5. The van der Waals surface area contributed by atoms with Crippen molar-refractivity contribution in [1.29, 1.82) is 0 Å². The molecule has 0 amide bonds. The summed E-state index contributed by atoms with van der Waals surface area (Å²) in [5.74, 6) is 0. The summed E-state index contributed by atoms with van der Waals surface area (Å²) in [6, 6.07) is 30.9. The van der Waals surface area contributed by atoms with E-state index in [0.29, 0.717) is 20.3 Å². The van der Waals surface area contributed by atoms with Crippen molar-refractivity contribution in [2.45, 2.75) is 9.79 Å². The summed E-state index contributed by atoms with van der Waals surface area (Å²) in [5.41, 5.74) is 3.56. The van der Waals surface area contributed by atoms with Crippen molar-refractivity contribution in [3.8, 4) is 0 Å². The predicted molar refractivity (Wildman–Crippen MR) is 160 cm³/mol. The van der Waals surface area contributed by atoms with Gasteiger partial charge in [0.1, 0.15) is 0 Å². The van der Waals surface area contributed by atoms with Crippen LogP contribution in [0, 0.1) is 0 Å². The van der Waals surface area contributed by atoms with Crippen molar-refractivity contribution in [3.63, 3.8) is 0 Å². The second-order valence-electron chi connectivity index (χ2n) is 7.32. The Bertz CT molecular complexity index is 1190. The third-order valence-corrected chi connectivity index (χ3v) is 6.59. The normalized spacial score (nSPS) is 10.3. The average molecular weight is 556 g/mol. The van der Waals surface area contributed by atoms with Crippen LogP contribution >= 0.6 is 59.4 Å². The fourth-order valence-corrected chi connectivity index (χ4v) is 4.54. The zero-order chi connectivity index (χ0) is 24.6. The minimum Gasteiger partial charge on any atom is -0.332 e. The van der Waals surface area contributed by atoms with E-state index in [1.807, 2.05) is 72.8 Å². The van der Waals surface area contributed by atoms with Gasteiger partial charge in [0, 0.05) is 42.6 Å². The lowest BCUT2D eigenvalue weighted by molar-refractivity contribution is 1.40. The van der Waals surface area contributed by atoms with Gasteiger partial charge in [-0.15, -0.1) is 0 Å². The number of hydrogen-bond acceptors (Lipinski definition) is 3. The molecule has 0 aliphatic heterocycles. The van der Waals surface area contributed by atoms with Gasteiger partial charge in [-0.3, -0.25) is 0 Å². The molecule has 0 unspecified atom stereocenters. The fourth-order valence-electron chi connectivity index (χ4n) is 3.00. The molecular formula is C26H20Cl2N4S3. The molecule has 0 saturated carbocycles. The number of anilines is 4. The maximum atomic E-state index is 5.92. The van der Waals surface area contributed by atoms with Crippen molar-refractivity contribution in [3.05, 3.63) is 107 Å². The quantitative estimate of drug-likeness (QED) is 0.178. The van der Waals surface area contributed by atoms with Gasteiger partial charge in [-0.2, -0.15) is 0 Å². The second kappa shape index (κ2) is 12.2. The summed E-state index contributed by atoms with van der Waals surface area (Å²) >= 11 is 24.3. The molecule has 0 heterocycles. The Kier molecular flexibility index (Phi) is 8.84. The molecule has 0 bridgehead atoms. The van der Waals surface area contributed by atoms with Crippen LogP contribution in [0.3, 0.4) is 0 Å². The zero-order valence-corrected chi connectivity index (χ0v) is 22.2. The molecule has 4 rings (SSSR count). The highest BCUT2D eigenvalue weighted by Crippen LogP contribution is 2.29. The Labute approximate surface area is 229 Å². The Morgan fingerprint density at radius 3 is 1.00 bits per heavy atom. The van der Waals surface area contributed by atoms with Gasteiger partial charge in [0.05, 0.1) is 0 Å². The maximum Gasteiger partial charge on any atom is 0.175 e. The van der Waals surface area contributed by atoms with E-state index in [1.165, 1.54) is 0 Å². The SMILES string of the molecule is S=C(Nc1ccc(Cl)cc1)Nc1ccc(Sc2ccc(NC(=S)Nc3ccc(Cl)cc3)cc2)cc1. The number of halogens is 2. The topological polar surface area (TPSA) is 48.1 Å². The Morgan fingerprint density at radius 2 is 0.714 bits per heavy atom. The van der Waals surface area contributed by atoms with Crippen LogP contribution in [0.1, 0.15) is 0 Å². The van der Waals surface area contributed by atoms with Gasteiger partial charge in [0.15, 0.2) is 10.2 Å². The molecular weight excluding hydrogens is 535 g/mol. The van der Waals surface area contributed by atoms with E-state index >= 15 is 0 Å². The predicted octanol–water partition coefficient (Wildman–Crippen LogP) is 8.76. The molecule has 0 aliphatic rings. The van der Waals surface area contributed by atoms with Crippen LogP contribution in [0.15, 0.2) is 107 Å². The molecule has 0 aromatic heterocycles. The second-order valence-corrected chi connectivity index (χ2v) is 10.2. The highest BCUT2D eigenvalue weighted by Gasteiger charge is 2.03. The summed E-state index contributed by atoms with van der Waals surface area (Å²) in [5, 5.41) is 15.0. The highest BCUT2D eigenvalue weighted by molar-refractivity contribution is 7.99. The van der Waals surface area contributed by atoms with E-state index < -0.39 is 0 Å². The third kappa shape index (κ3) is 8.13. The lowest BCUT2D eigenvalue weighted by Gasteiger charge is -2.12. The Balaban J connectivity index is 1.26. The minimum atomic E-state index is 0.513. The van der Waals surface area contributed by atoms with Gasteiger partial charge < -0.3 is 21.3 Å². The summed E-state index contributed by atoms with van der Waals surface area (Å²) in [6.45, 7) is 0. The van der Waals surface area contributed by atoms with Crippen LogP contribution in [0.25, 0.3) is 0 Å². The monoisotopic (exact) mass is 554 g/mol. The van der Waals surface area contributed by atoms with E-state index in [4.69, 9.17) is 47.6 Å². The molecule has 4 aromatic rings. The molecule has 35 heavy (non-hydrogen) atoms. The maximum absolute atomic E-state index is 5.92. The van der Waals surface area contributed by atoms with Crippen molar-refractivity contribution >= 4 is 92.4 Å². The van der Waals surface area contributed by atoms with Crippen molar-refractivity contribution in [2.24, 2.45) is 0 Å². The lowest BCUT2D eigenvalue weighted by Crippen LogP contribution is -2.18. The van der Waals surface area contributed by atoms with Gasteiger partial charge >= 0.3 is 0 Å². The van der Waals surface area contributed by atoms with E-state index in [2.05, 4.69) is 45.5 Å². The molecule has 0 radical (unpaired) electrons. The fraction of sp³-hybridized carbons (Fsp3) is 0. The van der Waals surface area contributed by atoms with Crippen molar-refractivity contribution in [2.75, 3.05) is 21.3 Å². The average Bonchev–Trinajstić information content (AvgIpc) is 2.84. The molecule has 0 saturated heterocycles. The van der Waals surface area contributed by atoms with Crippen LogP contribution in [0.2, 0.25) is 10.0 Å². The smallest absolute Gasteiger partial charge is 0.175 e. The van der Waals surface area contributed by atoms with E-state index in [0.717, 1.165) is 32.5 Å².